The van der Waals surface area contributed by atoms with E-state index in [0.29, 0.717) is 12.0 Å². The second kappa shape index (κ2) is 4.90. The Labute approximate surface area is 80.2 Å². The normalized spacial score (nSPS) is 12.5. The molecule has 0 unspecified atom stereocenters. The van der Waals surface area contributed by atoms with Crippen LogP contribution in [0, 0.1) is 0 Å². The highest BCUT2D eigenvalue weighted by Gasteiger charge is 2.18. The number of carbonyl (C=O) groups excluding carboxylic acids is 1. The van der Waals surface area contributed by atoms with E-state index in [1.54, 1.807) is 13.2 Å². The van der Waals surface area contributed by atoms with Crippen LogP contribution in [0.3, 0.4) is 0 Å². The highest BCUT2D eigenvalue weighted by molar-refractivity contribution is 5.88. The molecule has 0 fully saturated rings. The summed E-state index contributed by atoms with van der Waals surface area (Å²) in [4.78, 5) is 11.4. The summed E-state index contributed by atoms with van der Waals surface area (Å²) in [5, 5.41) is 2.82. The van der Waals surface area contributed by atoms with E-state index in [9.17, 15) is 4.79 Å². The Morgan fingerprint density at radius 3 is 2.31 bits per heavy atom. The molecule has 1 N–H and O–H groups in total. The van der Waals surface area contributed by atoms with E-state index in [1.807, 2.05) is 27.7 Å². The van der Waals surface area contributed by atoms with E-state index in [-0.39, 0.29) is 5.97 Å². The third-order valence-electron chi connectivity index (χ3n) is 1.36. The maximum absolute atomic E-state index is 11.4. The first kappa shape index (κ1) is 12.0. The van der Waals surface area contributed by atoms with E-state index in [1.165, 1.54) is 0 Å². The zero-order valence-electron chi connectivity index (χ0n) is 9.10. The van der Waals surface area contributed by atoms with Gasteiger partial charge in [-0.1, -0.05) is 6.92 Å². The molecule has 13 heavy (non-hydrogen) atoms. The summed E-state index contributed by atoms with van der Waals surface area (Å²) in [6.07, 6.45) is 2.35. The molecular weight excluding hydrogens is 166 g/mol. The summed E-state index contributed by atoms with van der Waals surface area (Å²) in [7, 11) is 1.76. The molecule has 0 spiro atoms. The predicted molar refractivity (Wildman–Crippen MR) is 53.3 cm³/mol. The highest BCUT2D eigenvalue weighted by atomic mass is 16.6. The molecule has 0 aromatic heterocycles. The third-order valence-corrected chi connectivity index (χ3v) is 1.36. The lowest BCUT2D eigenvalue weighted by atomic mass is 10.1. The van der Waals surface area contributed by atoms with E-state index in [0.717, 1.165) is 0 Å². The zero-order chi connectivity index (χ0) is 10.5. The summed E-state index contributed by atoms with van der Waals surface area (Å²) in [5.74, 6) is -0.246. The molecule has 0 aliphatic carbocycles. The number of esters is 1. The molecule has 0 amide bonds. The number of hydrogen-bond acceptors (Lipinski definition) is 3. The maximum atomic E-state index is 11.4. The predicted octanol–water partition coefficient (Wildman–Crippen LogP) is 1.84. The Hall–Kier alpha value is -0.990. The molecule has 3 heteroatoms. The van der Waals surface area contributed by atoms with Gasteiger partial charge in [-0.05, 0) is 27.2 Å². The van der Waals surface area contributed by atoms with Gasteiger partial charge in [0.25, 0.3) is 0 Å². The van der Waals surface area contributed by atoms with Crippen molar-refractivity contribution in [2.24, 2.45) is 0 Å². The van der Waals surface area contributed by atoms with Crippen LogP contribution in [0.2, 0.25) is 0 Å². The second-order valence-corrected chi connectivity index (χ2v) is 3.81. The molecule has 0 heterocycles. The van der Waals surface area contributed by atoms with Crippen molar-refractivity contribution in [1.29, 1.82) is 0 Å². The van der Waals surface area contributed by atoms with Crippen LogP contribution in [0.1, 0.15) is 34.1 Å². The lowest BCUT2D eigenvalue weighted by Gasteiger charge is -2.20. The second-order valence-electron chi connectivity index (χ2n) is 3.81. The fraction of sp³-hybridized carbons (Fsp3) is 0.700. The molecule has 0 aliphatic heterocycles. The lowest BCUT2D eigenvalue weighted by molar-refractivity contribution is -0.150. The van der Waals surface area contributed by atoms with Gasteiger partial charge in [-0.25, -0.2) is 4.79 Å². The fourth-order valence-electron chi connectivity index (χ4n) is 0.823. The minimum Gasteiger partial charge on any atom is -0.457 e. The van der Waals surface area contributed by atoms with Crippen LogP contribution in [-0.2, 0) is 9.53 Å². The molecule has 0 rings (SSSR count). The summed E-state index contributed by atoms with van der Waals surface area (Å²) in [5.41, 5.74) is 0.247. The quantitative estimate of drug-likeness (QED) is 0.538. The molecule has 0 aromatic rings. The van der Waals surface area contributed by atoms with Gasteiger partial charge in [-0.3, -0.25) is 0 Å². The van der Waals surface area contributed by atoms with Crippen molar-refractivity contribution in [3.05, 3.63) is 11.8 Å². The standard InChI is InChI=1S/C10H19NO2/c1-6-8(7-11-5)9(12)13-10(2,3)4/h7,11H,6H2,1-5H3/b8-7+. The first-order chi connectivity index (χ1) is 5.90. The highest BCUT2D eigenvalue weighted by Crippen LogP contribution is 2.12. The van der Waals surface area contributed by atoms with Gasteiger partial charge in [0, 0.05) is 13.2 Å². The van der Waals surface area contributed by atoms with Gasteiger partial charge in [-0.2, -0.15) is 0 Å². The van der Waals surface area contributed by atoms with Gasteiger partial charge in [-0.15, -0.1) is 0 Å². The van der Waals surface area contributed by atoms with Gasteiger partial charge in [0.05, 0.1) is 5.57 Å². The van der Waals surface area contributed by atoms with Crippen molar-refractivity contribution in [2.75, 3.05) is 7.05 Å². The Balaban J connectivity index is 4.32. The van der Waals surface area contributed by atoms with Crippen molar-refractivity contribution in [2.45, 2.75) is 39.7 Å². The van der Waals surface area contributed by atoms with Crippen LogP contribution in [0.4, 0.5) is 0 Å². The van der Waals surface area contributed by atoms with Crippen LogP contribution < -0.4 is 5.32 Å². The van der Waals surface area contributed by atoms with Gasteiger partial charge in [0.1, 0.15) is 5.60 Å². The average Bonchev–Trinajstić information content (AvgIpc) is 1.96. The van der Waals surface area contributed by atoms with Crippen LogP contribution in [0.25, 0.3) is 0 Å². The van der Waals surface area contributed by atoms with Crippen molar-refractivity contribution in [3.8, 4) is 0 Å². The largest absolute Gasteiger partial charge is 0.457 e. The third kappa shape index (κ3) is 5.28. The van der Waals surface area contributed by atoms with Crippen LogP contribution >= 0.6 is 0 Å². The first-order valence-corrected chi connectivity index (χ1v) is 4.50. The van der Waals surface area contributed by atoms with Crippen LogP contribution in [0.5, 0.6) is 0 Å². The van der Waals surface area contributed by atoms with E-state index < -0.39 is 5.60 Å². The van der Waals surface area contributed by atoms with Crippen molar-refractivity contribution < 1.29 is 9.53 Å². The first-order valence-electron chi connectivity index (χ1n) is 4.50. The van der Waals surface area contributed by atoms with Gasteiger partial charge in [0.2, 0.25) is 0 Å². The Morgan fingerprint density at radius 1 is 1.46 bits per heavy atom. The minimum atomic E-state index is -0.418. The van der Waals surface area contributed by atoms with E-state index in [4.69, 9.17) is 4.74 Å². The maximum Gasteiger partial charge on any atom is 0.335 e. The molecule has 0 saturated carbocycles. The van der Waals surface area contributed by atoms with Gasteiger partial charge in [0.15, 0.2) is 0 Å². The number of nitrogens with one attached hydrogen (secondary N) is 1. The molecule has 0 bridgehead atoms. The van der Waals surface area contributed by atoms with Crippen molar-refractivity contribution in [1.82, 2.24) is 5.32 Å². The van der Waals surface area contributed by atoms with Gasteiger partial charge >= 0.3 is 5.97 Å². The Bertz CT molecular complexity index is 201. The molecule has 0 radical (unpaired) electrons. The van der Waals surface area contributed by atoms with Gasteiger partial charge < -0.3 is 10.1 Å². The molecule has 0 aromatic carbocycles. The molecular formula is C10H19NO2. The molecule has 3 nitrogen and oxygen atoms in total. The summed E-state index contributed by atoms with van der Waals surface area (Å²) in [6, 6.07) is 0. The Kier molecular flexibility index (Phi) is 4.52. The van der Waals surface area contributed by atoms with E-state index in [2.05, 4.69) is 5.32 Å². The van der Waals surface area contributed by atoms with E-state index >= 15 is 0 Å². The Morgan fingerprint density at radius 2 is 2.00 bits per heavy atom. The smallest absolute Gasteiger partial charge is 0.335 e. The molecule has 0 atom stereocenters. The SMILES string of the molecule is CC/C(=C\NC)C(=O)OC(C)(C)C. The number of hydrogen-bond donors (Lipinski definition) is 1. The van der Waals surface area contributed by atoms with Crippen molar-refractivity contribution in [3.63, 3.8) is 0 Å². The lowest BCUT2D eigenvalue weighted by Crippen LogP contribution is -2.25. The summed E-state index contributed by atoms with van der Waals surface area (Å²) < 4.78 is 5.20. The summed E-state index contributed by atoms with van der Waals surface area (Å²) >= 11 is 0. The van der Waals surface area contributed by atoms with Crippen LogP contribution in [0.15, 0.2) is 11.8 Å². The van der Waals surface area contributed by atoms with Crippen LogP contribution in [-0.4, -0.2) is 18.6 Å². The monoisotopic (exact) mass is 185 g/mol. The molecule has 0 saturated heterocycles. The molecule has 0 aliphatic rings. The minimum absolute atomic E-state index is 0.246. The topological polar surface area (TPSA) is 38.3 Å². The zero-order valence-corrected chi connectivity index (χ0v) is 9.10. The summed E-state index contributed by atoms with van der Waals surface area (Å²) in [6.45, 7) is 7.50. The number of ether oxygens (including phenoxy) is 1. The average molecular weight is 185 g/mol. The fourth-order valence-corrected chi connectivity index (χ4v) is 0.823. The van der Waals surface area contributed by atoms with Crippen molar-refractivity contribution >= 4 is 5.97 Å². The number of carbonyl (C=O) groups is 1. The number of rotatable bonds is 3. The molecule has 76 valence electrons.